The Bertz CT molecular complexity index is 720. The van der Waals surface area contributed by atoms with Crippen molar-refractivity contribution in [2.45, 2.75) is 13.1 Å². The van der Waals surface area contributed by atoms with E-state index in [1.165, 1.54) is 0 Å². The predicted octanol–water partition coefficient (Wildman–Crippen LogP) is 3.53. The van der Waals surface area contributed by atoms with Crippen molar-refractivity contribution in [3.8, 4) is 23.0 Å². The molecule has 0 saturated carbocycles. The first-order valence-electron chi connectivity index (χ1n) is 7.71. The Labute approximate surface area is 150 Å². The highest BCUT2D eigenvalue weighted by Crippen LogP contribution is 2.33. The molecule has 2 aromatic rings. The Morgan fingerprint density at radius 3 is 2.42 bits per heavy atom. The van der Waals surface area contributed by atoms with Crippen LogP contribution in [0, 0.1) is 0 Å². The SMILES string of the molecule is COc1cc(Br)c(CNCc2ccc3c(c2)OCCO3)cc1OC. The number of hydrogen-bond donors (Lipinski definition) is 1. The molecule has 0 spiro atoms. The fourth-order valence-corrected chi connectivity index (χ4v) is 3.03. The fraction of sp³-hybridized carbons (Fsp3) is 0.333. The van der Waals surface area contributed by atoms with Gasteiger partial charge in [-0.05, 0) is 35.4 Å². The molecule has 2 aromatic carbocycles. The molecule has 0 aromatic heterocycles. The molecule has 0 saturated heterocycles. The monoisotopic (exact) mass is 393 g/mol. The number of nitrogens with one attached hydrogen (secondary N) is 1. The van der Waals surface area contributed by atoms with Gasteiger partial charge in [-0.3, -0.25) is 0 Å². The van der Waals surface area contributed by atoms with Crippen LogP contribution < -0.4 is 24.3 Å². The van der Waals surface area contributed by atoms with E-state index in [-0.39, 0.29) is 0 Å². The van der Waals surface area contributed by atoms with Gasteiger partial charge in [0.15, 0.2) is 23.0 Å². The summed E-state index contributed by atoms with van der Waals surface area (Å²) in [6, 6.07) is 9.91. The Balaban J connectivity index is 1.64. The van der Waals surface area contributed by atoms with Crippen molar-refractivity contribution in [2.75, 3.05) is 27.4 Å². The highest BCUT2D eigenvalue weighted by Gasteiger charge is 2.12. The van der Waals surface area contributed by atoms with Crippen molar-refractivity contribution in [1.82, 2.24) is 5.32 Å². The Kier molecular flexibility index (Phi) is 5.48. The smallest absolute Gasteiger partial charge is 0.161 e. The van der Waals surface area contributed by atoms with Crippen LogP contribution in [-0.2, 0) is 13.1 Å². The van der Waals surface area contributed by atoms with E-state index in [1.54, 1.807) is 14.2 Å². The molecule has 128 valence electrons. The molecule has 0 aliphatic carbocycles. The van der Waals surface area contributed by atoms with E-state index in [4.69, 9.17) is 18.9 Å². The molecule has 1 aliphatic heterocycles. The summed E-state index contributed by atoms with van der Waals surface area (Å²) < 4.78 is 22.8. The van der Waals surface area contributed by atoms with Gasteiger partial charge >= 0.3 is 0 Å². The number of rotatable bonds is 6. The normalized spacial score (nSPS) is 12.8. The zero-order chi connectivity index (χ0) is 16.9. The maximum absolute atomic E-state index is 5.61. The number of benzene rings is 2. The van der Waals surface area contributed by atoms with Crippen molar-refractivity contribution >= 4 is 15.9 Å². The fourth-order valence-electron chi connectivity index (χ4n) is 2.57. The second kappa shape index (κ2) is 7.77. The molecule has 6 heteroatoms. The maximum Gasteiger partial charge on any atom is 0.161 e. The second-order valence-corrected chi connectivity index (χ2v) is 6.23. The minimum absolute atomic E-state index is 0.600. The minimum Gasteiger partial charge on any atom is -0.493 e. The van der Waals surface area contributed by atoms with E-state index in [2.05, 4.69) is 21.2 Å². The van der Waals surface area contributed by atoms with Crippen LogP contribution in [0.3, 0.4) is 0 Å². The molecule has 1 heterocycles. The van der Waals surface area contributed by atoms with E-state index in [0.717, 1.165) is 39.4 Å². The average Bonchev–Trinajstić information content (AvgIpc) is 2.62. The van der Waals surface area contributed by atoms with Crippen LogP contribution in [0.5, 0.6) is 23.0 Å². The van der Waals surface area contributed by atoms with Crippen molar-refractivity contribution in [2.24, 2.45) is 0 Å². The van der Waals surface area contributed by atoms with E-state index >= 15 is 0 Å². The van der Waals surface area contributed by atoms with Gasteiger partial charge in [-0.25, -0.2) is 0 Å². The molecule has 5 nitrogen and oxygen atoms in total. The lowest BCUT2D eigenvalue weighted by Crippen LogP contribution is -2.17. The van der Waals surface area contributed by atoms with Gasteiger partial charge in [0, 0.05) is 17.6 Å². The third-order valence-corrected chi connectivity index (χ3v) is 4.54. The summed E-state index contributed by atoms with van der Waals surface area (Å²) in [5.74, 6) is 3.05. The summed E-state index contributed by atoms with van der Waals surface area (Å²) in [4.78, 5) is 0. The number of halogens is 1. The summed E-state index contributed by atoms with van der Waals surface area (Å²) in [5.41, 5.74) is 2.25. The lowest BCUT2D eigenvalue weighted by atomic mass is 10.1. The molecule has 1 aliphatic rings. The Morgan fingerprint density at radius 2 is 1.67 bits per heavy atom. The van der Waals surface area contributed by atoms with Crippen LogP contribution in [0.25, 0.3) is 0 Å². The number of fused-ring (bicyclic) bond motifs is 1. The molecule has 0 fully saturated rings. The average molecular weight is 394 g/mol. The predicted molar refractivity (Wildman–Crippen MR) is 95.2 cm³/mol. The molecule has 0 unspecified atom stereocenters. The quantitative estimate of drug-likeness (QED) is 0.813. The number of ether oxygens (including phenoxy) is 4. The summed E-state index contributed by atoms with van der Waals surface area (Å²) in [7, 11) is 3.27. The Morgan fingerprint density at radius 1 is 0.958 bits per heavy atom. The molecule has 24 heavy (non-hydrogen) atoms. The second-order valence-electron chi connectivity index (χ2n) is 5.38. The molecule has 3 rings (SSSR count). The number of methoxy groups -OCH3 is 2. The van der Waals surface area contributed by atoms with Crippen LogP contribution in [0.2, 0.25) is 0 Å². The third-order valence-electron chi connectivity index (χ3n) is 3.80. The standard InChI is InChI=1S/C18H20BrNO4/c1-21-16-8-13(14(19)9-17(16)22-2)11-20-10-12-3-4-15-18(7-12)24-6-5-23-15/h3-4,7-9,20H,5-6,10-11H2,1-2H3. The van der Waals surface area contributed by atoms with Gasteiger partial charge in [0.05, 0.1) is 14.2 Å². The molecule has 0 amide bonds. The van der Waals surface area contributed by atoms with Gasteiger partial charge in [-0.1, -0.05) is 22.0 Å². The van der Waals surface area contributed by atoms with E-state index < -0.39 is 0 Å². The molecule has 0 atom stereocenters. The zero-order valence-corrected chi connectivity index (χ0v) is 15.3. The molecule has 0 bridgehead atoms. The summed E-state index contributed by atoms with van der Waals surface area (Å²) in [6.07, 6.45) is 0. The van der Waals surface area contributed by atoms with E-state index in [1.807, 2.05) is 30.3 Å². The topological polar surface area (TPSA) is 49.0 Å². The van der Waals surface area contributed by atoms with Crippen LogP contribution in [0.4, 0.5) is 0 Å². The van der Waals surface area contributed by atoms with E-state index in [0.29, 0.717) is 25.5 Å². The van der Waals surface area contributed by atoms with Crippen molar-refractivity contribution in [1.29, 1.82) is 0 Å². The lowest BCUT2D eigenvalue weighted by molar-refractivity contribution is 0.171. The van der Waals surface area contributed by atoms with E-state index in [9.17, 15) is 0 Å². The first-order chi connectivity index (χ1) is 11.7. The molecule has 1 N–H and O–H groups in total. The summed E-state index contributed by atoms with van der Waals surface area (Å²) in [6.45, 7) is 2.65. The summed E-state index contributed by atoms with van der Waals surface area (Å²) in [5, 5.41) is 3.43. The largest absolute Gasteiger partial charge is 0.493 e. The van der Waals surface area contributed by atoms with Gasteiger partial charge in [-0.2, -0.15) is 0 Å². The highest BCUT2D eigenvalue weighted by molar-refractivity contribution is 9.10. The first kappa shape index (κ1) is 16.9. The van der Waals surface area contributed by atoms with Gasteiger partial charge < -0.3 is 24.3 Å². The van der Waals surface area contributed by atoms with Crippen LogP contribution in [-0.4, -0.2) is 27.4 Å². The molecule has 0 radical (unpaired) electrons. The minimum atomic E-state index is 0.600. The molecular weight excluding hydrogens is 374 g/mol. The lowest BCUT2D eigenvalue weighted by Gasteiger charge is -2.19. The first-order valence-corrected chi connectivity index (χ1v) is 8.50. The van der Waals surface area contributed by atoms with Crippen molar-refractivity contribution in [3.63, 3.8) is 0 Å². The van der Waals surface area contributed by atoms with Gasteiger partial charge in [0.1, 0.15) is 13.2 Å². The number of hydrogen-bond acceptors (Lipinski definition) is 5. The highest BCUT2D eigenvalue weighted by atomic mass is 79.9. The van der Waals surface area contributed by atoms with Crippen LogP contribution in [0.1, 0.15) is 11.1 Å². The van der Waals surface area contributed by atoms with Crippen molar-refractivity contribution < 1.29 is 18.9 Å². The maximum atomic E-state index is 5.61. The summed E-state index contributed by atoms with van der Waals surface area (Å²) >= 11 is 3.57. The Hall–Kier alpha value is -1.92. The van der Waals surface area contributed by atoms with Crippen molar-refractivity contribution in [3.05, 3.63) is 45.9 Å². The van der Waals surface area contributed by atoms with Crippen LogP contribution in [0.15, 0.2) is 34.8 Å². The van der Waals surface area contributed by atoms with Gasteiger partial charge in [0.25, 0.3) is 0 Å². The van der Waals surface area contributed by atoms with Gasteiger partial charge in [0.2, 0.25) is 0 Å². The molecular formula is C18H20BrNO4. The zero-order valence-electron chi connectivity index (χ0n) is 13.7. The third kappa shape index (κ3) is 3.76. The van der Waals surface area contributed by atoms with Gasteiger partial charge in [-0.15, -0.1) is 0 Å². The van der Waals surface area contributed by atoms with Crippen LogP contribution >= 0.6 is 15.9 Å².